The van der Waals surface area contributed by atoms with Gasteiger partial charge in [-0.3, -0.25) is 4.79 Å². The van der Waals surface area contributed by atoms with Crippen LogP contribution in [0.15, 0.2) is 90.0 Å². The SMILES string of the molecule is CCN(CC)c1ccc(C(=O)NN=C(Cc2ccccc2)Cc2ccccc2)cc1. The molecule has 0 saturated heterocycles. The molecule has 1 N–H and O–H groups in total. The fourth-order valence-electron chi connectivity index (χ4n) is 3.41. The molecule has 154 valence electrons. The van der Waals surface area contributed by atoms with E-state index in [-0.39, 0.29) is 5.91 Å². The lowest BCUT2D eigenvalue weighted by atomic mass is 10.0. The molecule has 0 unspecified atom stereocenters. The van der Waals surface area contributed by atoms with E-state index in [0.29, 0.717) is 18.4 Å². The Morgan fingerprint density at radius 3 is 1.73 bits per heavy atom. The summed E-state index contributed by atoms with van der Waals surface area (Å²) in [5.74, 6) is -0.195. The van der Waals surface area contributed by atoms with Gasteiger partial charge in [0.15, 0.2) is 0 Å². The van der Waals surface area contributed by atoms with Crippen molar-refractivity contribution >= 4 is 17.3 Å². The maximum Gasteiger partial charge on any atom is 0.271 e. The summed E-state index contributed by atoms with van der Waals surface area (Å²) in [5, 5.41) is 4.49. The normalized spacial score (nSPS) is 10.3. The van der Waals surface area contributed by atoms with E-state index in [2.05, 4.69) is 53.5 Å². The van der Waals surface area contributed by atoms with Crippen LogP contribution in [0.4, 0.5) is 5.69 Å². The molecule has 0 aliphatic heterocycles. The summed E-state index contributed by atoms with van der Waals surface area (Å²) in [4.78, 5) is 14.9. The van der Waals surface area contributed by atoms with Crippen LogP contribution in [-0.2, 0) is 12.8 Å². The highest BCUT2D eigenvalue weighted by atomic mass is 16.2. The monoisotopic (exact) mass is 399 g/mol. The highest BCUT2D eigenvalue weighted by Crippen LogP contribution is 2.15. The predicted molar refractivity (Wildman–Crippen MR) is 125 cm³/mol. The standard InChI is InChI=1S/C26H29N3O/c1-3-29(4-2)25-17-15-23(16-18-25)26(30)28-27-24(19-21-11-7-5-8-12-21)20-22-13-9-6-10-14-22/h5-18H,3-4,19-20H2,1-2H3,(H,28,30). The average Bonchev–Trinajstić information content (AvgIpc) is 2.80. The van der Waals surface area contributed by atoms with E-state index in [1.165, 1.54) is 11.1 Å². The molecule has 0 aromatic heterocycles. The number of nitrogens with one attached hydrogen (secondary N) is 1. The van der Waals surface area contributed by atoms with Gasteiger partial charge in [-0.2, -0.15) is 5.10 Å². The van der Waals surface area contributed by atoms with Crippen LogP contribution >= 0.6 is 0 Å². The summed E-state index contributed by atoms with van der Waals surface area (Å²) in [5.41, 5.74) is 7.74. The molecule has 3 aromatic rings. The predicted octanol–water partition coefficient (Wildman–Crippen LogP) is 5.10. The minimum Gasteiger partial charge on any atom is -0.372 e. The number of anilines is 1. The molecule has 0 saturated carbocycles. The molecule has 3 rings (SSSR count). The van der Waals surface area contributed by atoms with Gasteiger partial charge in [0.2, 0.25) is 0 Å². The van der Waals surface area contributed by atoms with E-state index in [0.717, 1.165) is 24.5 Å². The molecule has 0 atom stereocenters. The van der Waals surface area contributed by atoms with Gasteiger partial charge < -0.3 is 4.90 Å². The summed E-state index contributed by atoms with van der Waals surface area (Å²) < 4.78 is 0. The lowest BCUT2D eigenvalue weighted by molar-refractivity contribution is 0.0954. The number of hydrazone groups is 1. The lowest BCUT2D eigenvalue weighted by Crippen LogP contribution is -2.23. The molecule has 0 bridgehead atoms. The molecular weight excluding hydrogens is 370 g/mol. The van der Waals surface area contributed by atoms with E-state index in [4.69, 9.17) is 0 Å². The molecule has 4 heteroatoms. The molecule has 0 radical (unpaired) electrons. The Kier molecular flexibility index (Phi) is 7.78. The quantitative estimate of drug-likeness (QED) is 0.402. The first-order chi connectivity index (χ1) is 14.7. The summed E-state index contributed by atoms with van der Waals surface area (Å²) >= 11 is 0. The first kappa shape index (κ1) is 21.3. The summed E-state index contributed by atoms with van der Waals surface area (Å²) in [6.07, 6.45) is 1.38. The van der Waals surface area contributed by atoms with E-state index >= 15 is 0 Å². The van der Waals surface area contributed by atoms with Crippen LogP contribution < -0.4 is 10.3 Å². The third kappa shape index (κ3) is 6.05. The minimum atomic E-state index is -0.195. The van der Waals surface area contributed by atoms with Crippen molar-refractivity contribution in [3.05, 3.63) is 102 Å². The van der Waals surface area contributed by atoms with Crippen LogP contribution in [0, 0.1) is 0 Å². The second-order valence-electron chi connectivity index (χ2n) is 7.16. The Hall–Kier alpha value is -3.40. The number of nitrogens with zero attached hydrogens (tertiary/aromatic N) is 2. The van der Waals surface area contributed by atoms with Crippen LogP contribution in [0.3, 0.4) is 0 Å². The van der Waals surface area contributed by atoms with Crippen LogP contribution in [0.5, 0.6) is 0 Å². The minimum absolute atomic E-state index is 0.195. The van der Waals surface area contributed by atoms with Gasteiger partial charge in [0.25, 0.3) is 5.91 Å². The first-order valence-corrected chi connectivity index (χ1v) is 10.5. The van der Waals surface area contributed by atoms with E-state index in [1.54, 1.807) is 0 Å². The number of carbonyl (C=O) groups is 1. The zero-order valence-electron chi connectivity index (χ0n) is 17.7. The maximum absolute atomic E-state index is 12.6. The van der Waals surface area contributed by atoms with Crippen molar-refractivity contribution in [2.75, 3.05) is 18.0 Å². The molecule has 0 heterocycles. The number of amides is 1. The Morgan fingerprint density at radius 2 is 1.27 bits per heavy atom. The molecule has 4 nitrogen and oxygen atoms in total. The van der Waals surface area contributed by atoms with Gasteiger partial charge in [-0.15, -0.1) is 0 Å². The van der Waals surface area contributed by atoms with Crippen molar-refractivity contribution in [3.63, 3.8) is 0 Å². The van der Waals surface area contributed by atoms with Gasteiger partial charge in [-0.1, -0.05) is 60.7 Å². The number of carbonyl (C=O) groups excluding carboxylic acids is 1. The van der Waals surface area contributed by atoms with Crippen LogP contribution in [0.25, 0.3) is 0 Å². The number of benzene rings is 3. The zero-order chi connectivity index (χ0) is 21.2. The van der Waals surface area contributed by atoms with Gasteiger partial charge in [-0.25, -0.2) is 5.43 Å². The molecule has 1 amide bonds. The molecule has 3 aromatic carbocycles. The third-order valence-corrected chi connectivity index (χ3v) is 5.08. The Labute approximate surface area is 179 Å². The second kappa shape index (κ2) is 11.0. The average molecular weight is 400 g/mol. The summed E-state index contributed by atoms with van der Waals surface area (Å²) in [7, 11) is 0. The molecule has 0 aliphatic rings. The van der Waals surface area contributed by atoms with Crippen LogP contribution in [0.1, 0.15) is 35.3 Å². The van der Waals surface area contributed by atoms with Gasteiger partial charge in [-0.05, 0) is 49.2 Å². The topological polar surface area (TPSA) is 44.7 Å². The van der Waals surface area contributed by atoms with Gasteiger partial charge in [0.1, 0.15) is 0 Å². The van der Waals surface area contributed by atoms with Crippen LogP contribution in [0.2, 0.25) is 0 Å². The Morgan fingerprint density at radius 1 is 0.767 bits per heavy atom. The van der Waals surface area contributed by atoms with E-state index < -0.39 is 0 Å². The fraction of sp³-hybridized carbons (Fsp3) is 0.231. The molecule has 0 aliphatic carbocycles. The fourth-order valence-corrected chi connectivity index (χ4v) is 3.41. The number of hydrogen-bond acceptors (Lipinski definition) is 3. The highest BCUT2D eigenvalue weighted by Gasteiger charge is 2.09. The first-order valence-electron chi connectivity index (χ1n) is 10.5. The van der Waals surface area contributed by atoms with E-state index in [1.807, 2.05) is 60.7 Å². The Bertz CT molecular complexity index is 903. The van der Waals surface area contributed by atoms with Crippen molar-refractivity contribution < 1.29 is 4.79 Å². The van der Waals surface area contributed by atoms with Crippen molar-refractivity contribution in [3.8, 4) is 0 Å². The smallest absolute Gasteiger partial charge is 0.271 e. The second-order valence-corrected chi connectivity index (χ2v) is 7.16. The molecule has 0 fully saturated rings. The lowest BCUT2D eigenvalue weighted by Gasteiger charge is -2.20. The van der Waals surface area contributed by atoms with Crippen molar-refractivity contribution in [2.24, 2.45) is 5.10 Å². The number of hydrogen-bond donors (Lipinski definition) is 1. The molecule has 0 spiro atoms. The van der Waals surface area contributed by atoms with Crippen molar-refractivity contribution in [1.82, 2.24) is 5.43 Å². The maximum atomic E-state index is 12.6. The Balaban J connectivity index is 1.73. The molecule has 30 heavy (non-hydrogen) atoms. The summed E-state index contributed by atoms with van der Waals surface area (Å²) in [6, 6.07) is 28.1. The van der Waals surface area contributed by atoms with Crippen LogP contribution in [-0.4, -0.2) is 24.7 Å². The third-order valence-electron chi connectivity index (χ3n) is 5.08. The van der Waals surface area contributed by atoms with Crippen molar-refractivity contribution in [2.45, 2.75) is 26.7 Å². The van der Waals surface area contributed by atoms with Gasteiger partial charge >= 0.3 is 0 Å². The molecular formula is C26H29N3O. The summed E-state index contributed by atoms with van der Waals surface area (Å²) in [6.45, 7) is 6.13. The highest BCUT2D eigenvalue weighted by molar-refractivity contribution is 5.96. The van der Waals surface area contributed by atoms with Crippen molar-refractivity contribution in [1.29, 1.82) is 0 Å². The van der Waals surface area contributed by atoms with E-state index in [9.17, 15) is 4.79 Å². The van der Waals surface area contributed by atoms with Gasteiger partial charge in [0.05, 0.1) is 0 Å². The zero-order valence-corrected chi connectivity index (χ0v) is 17.7. The number of rotatable bonds is 9. The van der Waals surface area contributed by atoms with Gasteiger partial charge in [0, 0.05) is 42.9 Å². The largest absolute Gasteiger partial charge is 0.372 e.